The fraction of sp³-hybridized carbons (Fsp3) is 0.300. The highest BCUT2D eigenvalue weighted by Gasteiger charge is 2.18. The highest BCUT2D eigenvalue weighted by molar-refractivity contribution is 7.92. The van der Waals surface area contributed by atoms with E-state index >= 15 is 0 Å². The molecule has 0 bridgehead atoms. The van der Waals surface area contributed by atoms with E-state index in [2.05, 4.69) is 5.32 Å². The molecule has 156 valence electrons. The standard InChI is InChI=1S/C20H25N3O5S/c1-14-17(20(21)25)6-4-7-18(14)22-19(24)8-5-13-23(29(3,26)27)15-9-11-16(28-2)12-10-15/h4,6-7,9-12H,5,8,13H2,1-3H3,(H2,21,25)(H,22,24). The lowest BCUT2D eigenvalue weighted by molar-refractivity contribution is -0.116. The second-order valence-corrected chi connectivity index (χ2v) is 8.43. The summed E-state index contributed by atoms with van der Waals surface area (Å²) in [5.41, 5.74) is 7.25. The van der Waals surface area contributed by atoms with E-state index in [9.17, 15) is 18.0 Å². The molecule has 0 aliphatic heterocycles. The molecule has 29 heavy (non-hydrogen) atoms. The maximum Gasteiger partial charge on any atom is 0.249 e. The first-order chi connectivity index (χ1) is 13.6. The van der Waals surface area contributed by atoms with Crippen molar-refractivity contribution in [2.75, 3.05) is 29.5 Å². The number of nitrogens with one attached hydrogen (secondary N) is 1. The molecule has 8 nitrogen and oxygen atoms in total. The summed E-state index contributed by atoms with van der Waals surface area (Å²) in [4.78, 5) is 23.7. The summed E-state index contributed by atoms with van der Waals surface area (Å²) in [5.74, 6) is -0.227. The number of nitrogens with two attached hydrogens (primary N) is 1. The van der Waals surface area contributed by atoms with Gasteiger partial charge in [-0.3, -0.25) is 13.9 Å². The monoisotopic (exact) mass is 419 g/mol. The molecule has 0 unspecified atom stereocenters. The molecular weight excluding hydrogens is 394 g/mol. The first-order valence-corrected chi connectivity index (χ1v) is 10.8. The van der Waals surface area contributed by atoms with Gasteiger partial charge in [0, 0.05) is 24.2 Å². The topological polar surface area (TPSA) is 119 Å². The summed E-state index contributed by atoms with van der Waals surface area (Å²) < 4.78 is 30.6. The lowest BCUT2D eigenvalue weighted by atomic mass is 10.1. The van der Waals surface area contributed by atoms with Crippen molar-refractivity contribution in [3.8, 4) is 5.75 Å². The van der Waals surface area contributed by atoms with E-state index in [1.54, 1.807) is 49.4 Å². The number of benzene rings is 2. The van der Waals surface area contributed by atoms with Gasteiger partial charge < -0.3 is 15.8 Å². The van der Waals surface area contributed by atoms with Gasteiger partial charge in [-0.05, 0) is 55.3 Å². The molecule has 0 aromatic heterocycles. The summed E-state index contributed by atoms with van der Waals surface area (Å²) in [6.07, 6.45) is 1.55. The normalized spacial score (nSPS) is 11.0. The van der Waals surface area contributed by atoms with E-state index < -0.39 is 15.9 Å². The van der Waals surface area contributed by atoms with Crippen LogP contribution < -0.4 is 20.1 Å². The maximum atomic E-state index is 12.3. The van der Waals surface area contributed by atoms with Crippen LogP contribution in [0.25, 0.3) is 0 Å². The molecule has 0 spiro atoms. The van der Waals surface area contributed by atoms with E-state index in [-0.39, 0.29) is 18.9 Å². The van der Waals surface area contributed by atoms with Crippen LogP contribution in [-0.2, 0) is 14.8 Å². The Balaban J connectivity index is 2.01. The van der Waals surface area contributed by atoms with Crippen molar-refractivity contribution in [2.45, 2.75) is 19.8 Å². The van der Waals surface area contributed by atoms with Gasteiger partial charge in [0.15, 0.2) is 0 Å². The number of anilines is 2. The Morgan fingerprint density at radius 2 is 1.79 bits per heavy atom. The summed E-state index contributed by atoms with van der Waals surface area (Å²) >= 11 is 0. The molecule has 0 aliphatic rings. The van der Waals surface area contributed by atoms with Gasteiger partial charge in [-0.25, -0.2) is 8.42 Å². The zero-order valence-corrected chi connectivity index (χ0v) is 17.5. The average molecular weight is 420 g/mol. The first-order valence-electron chi connectivity index (χ1n) is 8.94. The largest absolute Gasteiger partial charge is 0.497 e. The zero-order chi connectivity index (χ0) is 21.6. The Labute approximate surface area is 170 Å². The molecule has 2 aromatic rings. The number of nitrogens with zero attached hydrogens (tertiary/aromatic N) is 1. The average Bonchev–Trinajstić information content (AvgIpc) is 2.66. The van der Waals surface area contributed by atoms with Gasteiger partial charge in [-0.15, -0.1) is 0 Å². The Hall–Kier alpha value is -3.07. The molecule has 0 radical (unpaired) electrons. The molecule has 2 aromatic carbocycles. The number of rotatable bonds is 9. The van der Waals surface area contributed by atoms with E-state index in [0.29, 0.717) is 34.7 Å². The van der Waals surface area contributed by atoms with Gasteiger partial charge in [-0.1, -0.05) is 6.07 Å². The minimum Gasteiger partial charge on any atom is -0.497 e. The highest BCUT2D eigenvalue weighted by atomic mass is 32.2. The number of methoxy groups -OCH3 is 1. The second-order valence-electron chi connectivity index (χ2n) is 6.53. The van der Waals surface area contributed by atoms with Crippen LogP contribution in [0.15, 0.2) is 42.5 Å². The number of ether oxygens (including phenoxy) is 1. The SMILES string of the molecule is COc1ccc(N(CCCC(=O)Nc2cccc(C(N)=O)c2C)S(C)(=O)=O)cc1. The van der Waals surface area contributed by atoms with E-state index in [1.165, 1.54) is 11.4 Å². The highest BCUT2D eigenvalue weighted by Crippen LogP contribution is 2.22. The summed E-state index contributed by atoms with van der Waals surface area (Å²) in [6.45, 7) is 1.85. The van der Waals surface area contributed by atoms with Crippen LogP contribution in [-0.4, -0.2) is 40.1 Å². The number of sulfonamides is 1. The predicted octanol–water partition coefficient (Wildman–Crippen LogP) is 2.29. The Kier molecular flexibility index (Phi) is 7.22. The third-order valence-corrected chi connectivity index (χ3v) is 5.59. The summed E-state index contributed by atoms with van der Waals surface area (Å²) in [5, 5.41) is 2.74. The Bertz CT molecular complexity index is 988. The lowest BCUT2D eigenvalue weighted by Gasteiger charge is -2.22. The van der Waals surface area contributed by atoms with Gasteiger partial charge in [-0.2, -0.15) is 0 Å². The van der Waals surface area contributed by atoms with Crippen LogP contribution in [0.1, 0.15) is 28.8 Å². The van der Waals surface area contributed by atoms with Crippen molar-refractivity contribution in [1.29, 1.82) is 0 Å². The molecule has 3 N–H and O–H groups in total. The Morgan fingerprint density at radius 1 is 1.14 bits per heavy atom. The third kappa shape index (κ3) is 5.95. The quantitative estimate of drug-likeness (QED) is 0.646. The molecule has 2 rings (SSSR count). The third-order valence-electron chi connectivity index (χ3n) is 4.40. The summed E-state index contributed by atoms with van der Waals surface area (Å²) in [7, 11) is -1.98. The number of carbonyl (C=O) groups excluding carboxylic acids is 2. The minimum absolute atomic E-state index is 0.114. The maximum absolute atomic E-state index is 12.3. The smallest absolute Gasteiger partial charge is 0.249 e. The fourth-order valence-electron chi connectivity index (χ4n) is 2.87. The van der Waals surface area contributed by atoms with E-state index in [1.807, 2.05) is 0 Å². The van der Waals surface area contributed by atoms with Crippen LogP contribution >= 0.6 is 0 Å². The number of primary amides is 1. The molecule has 0 saturated heterocycles. The number of carbonyl (C=O) groups is 2. The van der Waals surface area contributed by atoms with Crippen LogP contribution in [0.5, 0.6) is 5.75 Å². The van der Waals surface area contributed by atoms with Crippen molar-refractivity contribution in [2.24, 2.45) is 5.73 Å². The van der Waals surface area contributed by atoms with Crippen molar-refractivity contribution in [1.82, 2.24) is 0 Å². The molecule has 0 fully saturated rings. The van der Waals surface area contributed by atoms with Crippen LogP contribution in [0.4, 0.5) is 11.4 Å². The second kappa shape index (κ2) is 9.42. The molecule has 0 atom stereocenters. The number of hydrogen-bond donors (Lipinski definition) is 2. The number of hydrogen-bond acceptors (Lipinski definition) is 5. The molecule has 0 aliphatic carbocycles. The van der Waals surface area contributed by atoms with Gasteiger partial charge in [0.05, 0.1) is 19.1 Å². The predicted molar refractivity (Wildman–Crippen MR) is 113 cm³/mol. The van der Waals surface area contributed by atoms with Crippen LogP contribution in [0.3, 0.4) is 0 Å². The van der Waals surface area contributed by atoms with E-state index in [4.69, 9.17) is 10.5 Å². The summed E-state index contributed by atoms with van der Waals surface area (Å²) in [6, 6.07) is 11.6. The van der Waals surface area contributed by atoms with Gasteiger partial charge in [0.1, 0.15) is 5.75 Å². The van der Waals surface area contributed by atoms with Gasteiger partial charge >= 0.3 is 0 Å². The van der Waals surface area contributed by atoms with Crippen molar-refractivity contribution >= 4 is 33.2 Å². The molecule has 0 saturated carbocycles. The van der Waals surface area contributed by atoms with Crippen molar-refractivity contribution in [3.63, 3.8) is 0 Å². The van der Waals surface area contributed by atoms with Crippen molar-refractivity contribution in [3.05, 3.63) is 53.6 Å². The zero-order valence-electron chi connectivity index (χ0n) is 16.6. The molecule has 2 amide bonds. The molecular formula is C20H25N3O5S. The first kappa shape index (κ1) is 22.2. The van der Waals surface area contributed by atoms with Crippen LogP contribution in [0, 0.1) is 6.92 Å². The lowest BCUT2D eigenvalue weighted by Crippen LogP contribution is -2.31. The van der Waals surface area contributed by atoms with Gasteiger partial charge in [0.25, 0.3) is 0 Å². The molecule has 9 heteroatoms. The fourth-order valence-corrected chi connectivity index (χ4v) is 3.83. The van der Waals surface area contributed by atoms with Crippen LogP contribution in [0.2, 0.25) is 0 Å². The number of amides is 2. The minimum atomic E-state index is -3.51. The van der Waals surface area contributed by atoms with Gasteiger partial charge in [0.2, 0.25) is 21.8 Å². The Morgan fingerprint density at radius 3 is 2.34 bits per heavy atom. The van der Waals surface area contributed by atoms with Crippen molar-refractivity contribution < 1.29 is 22.7 Å². The van der Waals surface area contributed by atoms with E-state index in [0.717, 1.165) is 6.26 Å². The molecule has 0 heterocycles.